The van der Waals surface area contributed by atoms with Crippen molar-refractivity contribution < 1.29 is 9.53 Å². The average Bonchev–Trinajstić information content (AvgIpc) is 2.81. The minimum atomic E-state index is -0.258. The number of carbonyl (C=O) groups is 1. The van der Waals surface area contributed by atoms with E-state index in [0.29, 0.717) is 5.75 Å². The summed E-state index contributed by atoms with van der Waals surface area (Å²) >= 11 is 0. The van der Waals surface area contributed by atoms with Crippen LogP contribution in [0.2, 0.25) is 0 Å². The van der Waals surface area contributed by atoms with Crippen molar-refractivity contribution in [3.63, 3.8) is 0 Å². The standard InChI is InChI=1S/C14H20N2O2/c1-14(2,3)12-11(7-6-8-15-12)18-13(17)16-9-4-5-10-16/h6-8H,4-5,9-10H2,1-3H3. The molecule has 98 valence electrons. The third kappa shape index (κ3) is 2.81. The maximum atomic E-state index is 12.0. The Kier molecular flexibility index (Phi) is 3.55. The molecular weight excluding hydrogens is 228 g/mol. The number of hydrogen-bond donors (Lipinski definition) is 0. The lowest BCUT2D eigenvalue weighted by Crippen LogP contribution is -2.31. The Balaban J connectivity index is 2.16. The zero-order valence-corrected chi connectivity index (χ0v) is 11.3. The summed E-state index contributed by atoms with van der Waals surface area (Å²) in [6.07, 6.45) is 3.60. The Bertz CT molecular complexity index is 432. The molecule has 18 heavy (non-hydrogen) atoms. The summed E-state index contributed by atoms with van der Waals surface area (Å²) < 4.78 is 5.48. The van der Waals surface area contributed by atoms with Crippen molar-refractivity contribution >= 4 is 6.09 Å². The van der Waals surface area contributed by atoms with E-state index in [1.54, 1.807) is 17.2 Å². The zero-order chi connectivity index (χ0) is 13.2. The Hall–Kier alpha value is -1.58. The fourth-order valence-corrected chi connectivity index (χ4v) is 2.09. The minimum absolute atomic E-state index is 0.137. The normalized spacial score (nSPS) is 15.8. The van der Waals surface area contributed by atoms with Gasteiger partial charge in [0.2, 0.25) is 0 Å². The van der Waals surface area contributed by atoms with Crippen LogP contribution in [-0.2, 0) is 5.41 Å². The van der Waals surface area contributed by atoms with E-state index in [-0.39, 0.29) is 11.5 Å². The molecule has 0 bridgehead atoms. The topological polar surface area (TPSA) is 42.4 Å². The van der Waals surface area contributed by atoms with Gasteiger partial charge >= 0.3 is 6.09 Å². The van der Waals surface area contributed by atoms with Gasteiger partial charge in [-0.15, -0.1) is 0 Å². The number of amides is 1. The molecule has 2 heterocycles. The Morgan fingerprint density at radius 2 is 2.00 bits per heavy atom. The maximum absolute atomic E-state index is 12.0. The molecule has 1 fully saturated rings. The lowest BCUT2D eigenvalue weighted by Gasteiger charge is -2.22. The highest BCUT2D eigenvalue weighted by Gasteiger charge is 2.25. The summed E-state index contributed by atoms with van der Waals surface area (Å²) in [5, 5.41) is 0. The van der Waals surface area contributed by atoms with Crippen molar-refractivity contribution in [2.45, 2.75) is 39.0 Å². The van der Waals surface area contributed by atoms with Gasteiger partial charge in [-0.2, -0.15) is 0 Å². The lowest BCUT2D eigenvalue weighted by molar-refractivity contribution is 0.161. The Labute approximate surface area is 108 Å². The van der Waals surface area contributed by atoms with Crippen molar-refractivity contribution in [1.82, 2.24) is 9.88 Å². The first-order chi connectivity index (χ1) is 8.48. The van der Waals surface area contributed by atoms with Crippen LogP contribution in [0.3, 0.4) is 0 Å². The van der Waals surface area contributed by atoms with Gasteiger partial charge in [0.15, 0.2) is 5.75 Å². The number of nitrogens with zero attached hydrogens (tertiary/aromatic N) is 2. The van der Waals surface area contributed by atoms with E-state index in [4.69, 9.17) is 4.74 Å². The number of ether oxygens (including phenoxy) is 1. The van der Waals surface area contributed by atoms with Crippen LogP contribution in [0.4, 0.5) is 4.79 Å². The minimum Gasteiger partial charge on any atom is -0.408 e. The van der Waals surface area contributed by atoms with Crippen LogP contribution in [0.25, 0.3) is 0 Å². The summed E-state index contributed by atoms with van der Waals surface area (Å²) in [7, 11) is 0. The second kappa shape index (κ2) is 4.96. The van der Waals surface area contributed by atoms with Crippen LogP contribution in [0.15, 0.2) is 18.3 Å². The molecule has 1 saturated heterocycles. The van der Waals surface area contributed by atoms with Crippen molar-refractivity contribution in [1.29, 1.82) is 0 Å². The van der Waals surface area contributed by atoms with Crippen LogP contribution in [0.1, 0.15) is 39.3 Å². The fourth-order valence-electron chi connectivity index (χ4n) is 2.09. The van der Waals surface area contributed by atoms with E-state index in [1.807, 2.05) is 6.07 Å². The molecule has 1 aliphatic heterocycles. The van der Waals surface area contributed by atoms with Crippen LogP contribution >= 0.6 is 0 Å². The predicted octanol–water partition coefficient (Wildman–Crippen LogP) is 2.97. The molecule has 0 radical (unpaired) electrons. The molecule has 0 aliphatic carbocycles. The smallest absolute Gasteiger partial charge is 0.408 e. The first-order valence-electron chi connectivity index (χ1n) is 6.41. The summed E-state index contributed by atoms with van der Waals surface area (Å²) in [4.78, 5) is 18.1. The predicted molar refractivity (Wildman–Crippen MR) is 69.8 cm³/mol. The molecule has 0 aromatic carbocycles. The highest BCUT2D eigenvalue weighted by Crippen LogP contribution is 2.29. The molecule has 4 nitrogen and oxygen atoms in total. The second-order valence-electron chi connectivity index (χ2n) is 5.66. The monoisotopic (exact) mass is 248 g/mol. The molecule has 0 saturated carbocycles. The van der Waals surface area contributed by atoms with Gasteiger partial charge in [-0.3, -0.25) is 4.98 Å². The second-order valence-corrected chi connectivity index (χ2v) is 5.66. The van der Waals surface area contributed by atoms with Gasteiger partial charge < -0.3 is 9.64 Å². The summed E-state index contributed by atoms with van der Waals surface area (Å²) in [6, 6.07) is 3.60. The molecule has 0 spiro atoms. The molecule has 1 aromatic rings. The quantitative estimate of drug-likeness (QED) is 0.767. The van der Waals surface area contributed by atoms with E-state index < -0.39 is 0 Å². The number of likely N-dealkylation sites (tertiary alicyclic amines) is 1. The van der Waals surface area contributed by atoms with Crippen molar-refractivity contribution in [2.75, 3.05) is 13.1 Å². The molecule has 0 N–H and O–H groups in total. The zero-order valence-electron chi connectivity index (χ0n) is 11.3. The van der Waals surface area contributed by atoms with Crippen LogP contribution < -0.4 is 4.74 Å². The maximum Gasteiger partial charge on any atom is 0.415 e. The van der Waals surface area contributed by atoms with Crippen molar-refractivity contribution in [3.8, 4) is 5.75 Å². The molecule has 4 heteroatoms. The SMILES string of the molecule is CC(C)(C)c1ncccc1OC(=O)N1CCCC1. The average molecular weight is 248 g/mol. The van der Waals surface area contributed by atoms with E-state index in [9.17, 15) is 4.79 Å². The van der Waals surface area contributed by atoms with E-state index in [0.717, 1.165) is 31.6 Å². The highest BCUT2D eigenvalue weighted by molar-refractivity contribution is 5.71. The van der Waals surface area contributed by atoms with Gasteiger partial charge in [-0.05, 0) is 25.0 Å². The van der Waals surface area contributed by atoms with Gasteiger partial charge in [-0.1, -0.05) is 20.8 Å². The number of pyridine rings is 1. The number of rotatable bonds is 1. The molecule has 1 aromatic heterocycles. The van der Waals surface area contributed by atoms with Gasteiger partial charge in [0.25, 0.3) is 0 Å². The fraction of sp³-hybridized carbons (Fsp3) is 0.571. The molecule has 2 rings (SSSR count). The van der Waals surface area contributed by atoms with Crippen molar-refractivity contribution in [3.05, 3.63) is 24.0 Å². The van der Waals surface area contributed by atoms with E-state index >= 15 is 0 Å². The van der Waals surface area contributed by atoms with Gasteiger partial charge in [0, 0.05) is 24.7 Å². The molecule has 0 atom stereocenters. The van der Waals surface area contributed by atoms with Crippen molar-refractivity contribution in [2.24, 2.45) is 0 Å². The Morgan fingerprint density at radius 3 is 2.61 bits per heavy atom. The molecule has 1 amide bonds. The van der Waals surface area contributed by atoms with Gasteiger partial charge in [0.1, 0.15) is 0 Å². The largest absolute Gasteiger partial charge is 0.415 e. The third-order valence-electron chi connectivity index (χ3n) is 3.04. The van der Waals surface area contributed by atoms with Gasteiger partial charge in [0.05, 0.1) is 5.69 Å². The first kappa shape index (κ1) is 12.9. The summed E-state index contributed by atoms with van der Waals surface area (Å²) in [5.74, 6) is 0.571. The van der Waals surface area contributed by atoms with Gasteiger partial charge in [-0.25, -0.2) is 4.79 Å². The van der Waals surface area contributed by atoms with E-state index in [1.165, 1.54) is 0 Å². The first-order valence-corrected chi connectivity index (χ1v) is 6.41. The van der Waals surface area contributed by atoms with Crippen LogP contribution in [-0.4, -0.2) is 29.1 Å². The number of aromatic nitrogens is 1. The molecule has 0 unspecified atom stereocenters. The lowest BCUT2D eigenvalue weighted by atomic mass is 9.91. The van der Waals surface area contributed by atoms with E-state index in [2.05, 4.69) is 25.8 Å². The highest BCUT2D eigenvalue weighted by atomic mass is 16.6. The summed E-state index contributed by atoms with van der Waals surface area (Å²) in [5.41, 5.74) is 0.680. The third-order valence-corrected chi connectivity index (χ3v) is 3.04. The van der Waals surface area contributed by atoms with Crippen LogP contribution in [0.5, 0.6) is 5.75 Å². The molecule has 1 aliphatic rings. The summed E-state index contributed by atoms with van der Waals surface area (Å²) in [6.45, 7) is 7.77. The number of hydrogen-bond acceptors (Lipinski definition) is 3. The van der Waals surface area contributed by atoms with Crippen LogP contribution in [0, 0.1) is 0 Å². The molecular formula is C14H20N2O2. The number of carbonyl (C=O) groups excluding carboxylic acids is 1. The Morgan fingerprint density at radius 1 is 1.33 bits per heavy atom.